The van der Waals surface area contributed by atoms with Crippen LogP contribution in [0.15, 0.2) is 76.3 Å². The van der Waals surface area contributed by atoms with Crippen molar-refractivity contribution in [1.29, 1.82) is 0 Å². The second-order valence-corrected chi connectivity index (χ2v) is 7.91. The van der Waals surface area contributed by atoms with Crippen molar-refractivity contribution >= 4 is 22.5 Å². The van der Waals surface area contributed by atoms with Crippen LogP contribution in [0, 0.1) is 6.92 Å². The Morgan fingerprint density at radius 3 is 2.18 bits per heavy atom. The smallest absolute Gasteiger partial charge is 0.332 e. The van der Waals surface area contributed by atoms with E-state index in [1.807, 2.05) is 31.2 Å². The van der Waals surface area contributed by atoms with Crippen LogP contribution >= 0.6 is 0 Å². The predicted molar refractivity (Wildman–Crippen MR) is 131 cm³/mol. The van der Waals surface area contributed by atoms with Crippen molar-refractivity contribution in [3.8, 4) is 11.5 Å². The zero-order chi connectivity index (χ0) is 24.2. The van der Waals surface area contributed by atoms with E-state index in [9.17, 15) is 14.4 Å². The van der Waals surface area contributed by atoms with Gasteiger partial charge in [0.05, 0.1) is 31.7 Å². The lowest BCUT2D eigenvalue weighted by Crippen LogP contribution is -2.42. The quantitative estimate of drug-likeness (QED) is 0.458. The van der Waals surface area contributed by atoms with Crippen molar-refractivity contribution in [2.24, 2.45) is 0 Å². The molecule has 3 aromatic carbocycles. The Kier molecular flexibility index (Phi) is 6.49. The normalized spacial score (nSPS) is 10.8. The molecule has 174 valence electrons. The molecule has 0 atom stereocenters. The van der Waals surface area contributed by atoms with Crippen LogP contribution in [0.25, 0.3) is 10.9 Å². The van der Waals surface area contributed by atoms with Crippen LogP contribution in [0.3, 0.4) is 0 Å². The number of ether oxygens (including phenoxy) is 2. The summed E-state index contributed by atoms with van der Waals surface area (Å²) < 4.78 is 13.0. The lowest BCUT2D eigenvalue weighted by molar-refractivity contribution is -0.116. The Morgan fingerprint density at radius 1 is 0.882 bits per heavy atom. The monoisotopic (exact) mass is 459 g/mol. The maximum absolute atomic E-state index is 13.4. The molecule has 0 aliphatic carbocycles. The number of benzene rings is 3. The molecule has 34 heavy (non-hydrogen) atoms. The van der Waals surface area contributed by atoms with Crippen molar-refractivity contribution in [2.45, 2.75) is 20.0 Å². The average molecular weight is 460 g/mol. The van der Waals surface area contributed by atoms with Gasteiger partial charge in [0.25, 0.3) is 5.56 Å². The molecule has 0 unspecified atom stereocenters. The van der Waals surface area contributed by atoms with Crippen LogP contribution in [0.2, 0.25) is 0 Å². The maximum atomic E-state index is 13.4. The Hall–Kier alpha value is -4.33. The number of hydrogen-bond donors (Lipinski definition) is 1. The van der Waals surface area contributed by atoms with E-state index in [0.29, 0.717) is 28.1 Å². The van der Waals surface area contributed by atoms with Crippen LogP contribution in [0.4, 0.5) is 5.69 Å². The zero-order valence-corrected chi connectivity index (χ0v) is 19.2. The second-order valence-electron chi connectivity index (χ2n) is 7.91. The summed E-state index contributed by atoms with van der Waals surface area (Å²) in [6.45, 7) is 1.81. The fourth-order valence-corrected chi connectivity index (χ4v) is 3.76. The van der Waals surface area contributed by atoms with Gasteiger partial charge in [-0.25, -0.2) is 4.79 Å². The van der Waals surface area contributed by atoms with Crippen molar-refractivity contribution in [3.63, 3.8) is 0 Å². The van der Waals surface area contributed by atoms with E-state index in [4.69, 9.17) is 9.47 Å². The number of hydrogen-bond acceptors (Lipinski definition) is 5. The van der Waals surface area contributed by atoms with Gasteiger partial charge in [0.2, 0.25) is 5.91 Å². The molecular weight excluding hydrogens is 434 g/mol. The molecule has 0 aliphatic heterocycles. The van der Waals surface area contributed by atoms with Gasteiger partial charge in [-0.1, -0.05) is 42.0 Å². The van der Waals surface area contributed by atoms with Gasteiger partial charge in [0.15, 0.2) is 0 Å². The number of aromatic nitrogens is 2. The van der Waals surface area contributed by atoms with E-state index in [0.717, 1.165) is 15.7 Å². The third-order valence-corrected chi connectivity index (χ3v) is 5.53. The number of methoxy groups -OCH3 is 2. The number of carbonyl (C=O) groups is 1. The third-order valence-electron chi connectivity index (χ3n) is 5.53. The van der Waals surface area contributed by atoms with Gasteiger partial charge in [-0.05, 0) is 24.6 Å². The van der Waals surface area contributed by atoms with Gasteiger partial charge in [-0.2, -0.15) is 0 Å². The van der Waals surface area contributed by atoms with Gasteiger partial charge in [-0.15, -0.1) is 0 Å². The summed E-state index contributed by atoms with van der Waals surface area (Å²) in [7, 11) is 3.03. The number of nitrogens with one attached hydrogen (secondary N) is 1. The average Bonchev–Trinajstić information content (AvgIpc) is 2.85. The molecule has 0 spiro atoms. The minimum Gasteiger partial charge on any atom is -0.497 e. The Balaban J connectivity index is 1.72. The van der Waals surface area contributed by atoms with Crippen LogP contribution < -0.4 is 26.0 Å². The minimum absolute atomic E-state index is 0.109. The molecule has 0 fully saturated rings. The fourth-order valence-electron chi connectivity index (χ4n) is 3.76. The summed E-state index contributed by atoms with van der Waals surface area (Å²) in [5.41, 5.74) is 1.82. The van der Waals surface area contributed by atoms with Crippen LogP contribution in [0.5, 0.6) is 11.5 Å². The Morgan fingerprint density at radius 2 is 1.53 bits per heavy atom. The largest absolute Gasteiger partial charge is 0.497 e. The highest BCUT2D eigenvalue weighted by molar-refractivity contribution is 5.92. The summed E-state index contributed by atoms with van der Waals surface area (Å²) in [5, 5.41) is 3.14. The topological polar surface area (TPSA) is 91.6 Å². The SMILES string of the molecule is COc1cc(NC(=O)Cn2c(=O)n(Cc3ccc(C)cc3)c(=O)c3ccccc32)cc(OC)c1. The van der Waals surface area contributed by atoms with E-state index in [-0.39, 0.29) is 13.1 Å². The fraction of sp³-hybridized carbons (Fsp3) is 0.192. The summed E-state index contributed by atoms with van der Waals surface area (Å²) >= 11 is 0. The molecule has 0 radical (unpaired) electrons. The molecule has 8 heteroatoms. The number of aryl methyl sites for hydroxylation is 1. The molecule has 0 saturated carbocycles. The standard InChI is InChI=1S/C26H25N3O5/c1-17-8-10-18(11-9-17)15-29-25(31)22-6-4-5-7-23(22)28(26(29)32)16-24(30)27-19-12-20(33-2)14-21(13-19)34-3/h4-14H,15-16H2,1-3H3,(H,27,30). The summed E-state index contributed by atoms with van der Waals surface area (Å²) in [5.74, 6) is 0.607. The highest BCUT2D eigenvalue weighted by Crippen LogP contribution is 2.25. The van der Waals surface area contributed by atoms with Gasteiger partial charge in [0.1, 0.15) is 18.0 Å². The minimum atomic E-state index is -0.553. The molecule has 0 bridgehead atoms. The first-order valence-electron chi connectivity index (χ1n) is 10.7. The van der Waals surface area contributed by atoms with Crippen molar-refractivity contribution in [2.75, 3.05) is 19.5 Å². The molecule has 0 saturated heterocycles. The van der Waals surface area contributed by atoms with Gasteiger partial charge in [0, 0.05) is 23.9 Å². The molecule has 8 nitrogen and oxygen atoms in total. The first-order valence-corrected chi connectivity index (χ1v) is 10.7. The molecule has 1 aromatic heterocycles. The molecular formula is C26H25N3O5. The molecule has 1 heterocycles. The van der Waals surface area contributed by atoms with Crippen LogP contribution in [-0.4, -0.2) is 29.3 Å². The van der Waals surface area contributed by atoms with E-state index >= 15 is 0 Å². The molecule has 4 rings (SSSR count). The van der Waals surface area contributed by atoms with E-state index in [2.05, 4.69) is 5.32 Å². The lowest BCUT2D eigenvalue weighted by atomic mass is 10.1. The number of anilines is 1. The van der Waals surface area contributed by atoms with E-state index in [1.54, 1.807) is 42.5 Å². The first kappa shape index (κ1) is 22.8. The Bertz CT molecular complexity index is 1450. The third kappa shape index (κ3) is 4.71. The summed E-state index contributed by atoms with van der Waals surface area (Å²) in [6, 6.07) is 19.4. The number of amides is 1. The number of para-hydroxylation sites is 1. The van der Waals surface area contributed by atoms with E-state index < -0.39 is 17.2 Å². The van der Waals surface area contributed by atoms with Crippen molar-refractivity contribution in [1.82, 2.24) is 9.13 Å². The van der Waals surface area contributed by atoms with E-state index in [1.165, 1.54) is 18.8 Å². The van der Waals surface area contributed by atoms with Crippen LogP contribution in [0.1, 0.15) is 11.1 Å². The Labute approximate surface area is 196 Å². The highest BCUT2D eigenvalue weighted by Gasteiger charge is 2.16. The maximum Gasteiger partial charge on any atom is 0.332 e. The summed E-state index contributed by atoms with van der Waals surface area (Å²) in [6.07, 6.45) is 0. The number of rotatable bonds is 7. The van der Waals surface area contributed by atoms with Gasteiger partial charge in [-0.3, -0.25) is 18.7 Å². The van der Waals surface area contributed by atoms with Gasteiger partial charge >= 0.3 is 5.69 Å². The second kappa shape index (κ2) is 9.66. The summed E-state index contributed by atoms with van der Waals surface area (Å²) in [4.78, 5) is 39.4. The van der Waals surface area contributed by atoms with Gasteiger partial charge < -0.3 is 14.8 Å². The predicted octanol–water partition coefficient (Wildman–Crippen LogP) is 3.18. The van der Waals surface area contributed by atoms with Crippen molar-refractivity contribution < 1.29 is 14.3 Å². The molecule has 1 N–H and O–H groups in total. The first-order chi connectivity index (χ1) is 16.4. The molecule has 1 amide bonds. The molecule has 4 aromatic rings. The number of fused-ring (bicyclic) bond motifs is 1. The number of nitrogens with zero attached hydrogens (tertiary/aromatic N) is 2. The van der Waals surface area contributed by atoms with Crippen LogP contribution in [-0.2, 0) is 17.9 Å². The number of carbonyl (C=O) groups excluding carboxylic acids is 1. The zero-order valence-electron chi connectivity index (χ0n) is 19.2. The highest BCUT2D eigenvalue weighted by atomic mass is 16.5. The molecule has 0 aliphatic rings. The lowest BCUT2D eigenvalue weighted by Gasteiger charge is -2.15. The van der Waals surface area contributed by atoms with Crippen molar-refractivity contribution in [3.05, 3.63) is 98.7 Å².